The predicted molar refractivity (Wildman–Crippen MR) is 72.4 cm³/mol. The fraction of sp³-hybridized carbons (Fsp3) is 0.125. The van der Waals surface area contributed by atoms with Crippen LogP contribution in [0.5, 0.6) is 11.5 Å². The molecular formula is C16H13NO2. The maximum absolute atomic E-state index is 11.6. The van der Waals surface area contributed by atoms with Crippen LogP contribution in [0.1, 0.15) is 28.4 Å². The first-order valence-corrected chi connectivity index (χ1v) is 5.90. The van der Waals surface area contributed by atoms with Crippen LogP contribution in [-0.4, -0.2) is 5.78 Å². The molecule has 0 bridgehead atoms. The molecule has 3 heteroatoms. The third kappa shape index (κ3) is 2.99. The number of benzene rings is 2. The maximum atomic E-state index is 11.6. The quantitative estimate of drug-likeness (QED) is 0.778. The first-order valence-electron chi connectivity index (χ1n) is 5.90. The highest BCUT2D eigenvalue weighted by Crippen LogP contribution is 2.27. The fourth-order valence-electron chi connectivity index (χ4n) is 1.77. The SMILES string of the molecule is CC(=O)c1ccc(C#N)cc1Oc1cccc(C)c1. The molecule has 3 nitrogen and oxygen atoms in total. The van der Waals surface area contributed by atoms with Crippen molar-refractivity contribution in [3.63, 3.8) is 0 Å². The van der Waals surface area contributed by atoms with Crippen LogP contribution < -0.4 is 4.74 Å². The van der Waals surface area contributed by atoms with Gasteiger partial charge in [-0.25, -0.2) is 0 Å². The molecule has 94 valence electrons. The first-order chi connectivity index (χ1) is 9.10. The number of hydrogen-bond donors (Lipinski definition) is 0. The summed E-state index contributed by atoms with van der Waals surface area (Å²) in [5.41, 5.74) is 2.01. The van der Waals surface area contributed by atoms with Crippen LogP contribution >= 0.6 is 0 Å². The van der Waals surface area contributed by atoms with Crippen LogP contribution in [0.4, 0.5) is 0 Å². The van der Waals surface area contributed by atoms with Crippen molar-refractivity contribution < 1.29 is 9.53 Å². The van der Waals surface area contributed by atoms with Crippen molar-refractivity contribution in [1.29, 1.82) is 5.26 Å². The van der Waals surface area contributed by atoms with E-state index in [1.807, 2.05) is 37.3 Å². The van der Waals surface area contributed by atoms with Gasteiger partial charge < -0.3 is 4.74 Å². The smallest absolute Gasteiger partial charge is 0.163 e. The first kappa shape index (κ1) is 12.8. The van der Waals surface area contributed by atoms with Crippen molar-refractivity contribution in [2.75, 3.05) is 0 Å². The summed E-state index contributed by atoms with van der Waals surface area (Å²) < 4.78 is 5.72. The number of nitriles is 1. The van der Waals surface area contributed by atoms with Crippen LogP contribution in [0.3, 0.4) is 0 Å². The van der Waals surface area contributed by atoms with Crippen molar-refractivity contribution in [2.45, 2.75) is 13.8 Å². The van der Waals surface area contributed by atoms with E-state index >= 15 is 0 Å². The number of aryl methyl sites for hydroxylation is 1. The summed E-state index contributed by atoms with van der Waals surface area (Å²) in [6.45, 7) is 3.44. The summed E-state index contributed by atoms with van der Waals surface area (Å²) >= 11 is 0. The number of ether oxygens (including phenoxy) is 1. The minimum Gasteiger partial charge on any atom is -0.457 e. The van der Waals surface area contributed by atoms with Gasteiger partial charge in [-0.3, -0.25) is 4.79 Å². The molecule has 2 aromatic rings. The van der Waals surface area contributed by atoms with Gasteiger partial charge in [-0.1, -0.05) is 12.1 Å². The number of hydrogen-bond acceptors (Lipinski definition) is 3. The molecule has 0 aliphatic heterocycles. The molecule has 0 saturated heterocycles. The average Bonchev–Trinajstić information content (AvgIpc) is 2.38. The lowest BCUT2D eigenvalue weighted by Crippen LogP contribution is -1.97. The van der Waals surface area contributed by atoms with Crippen LogP contribution in [0, 0.1) is 18.3 Å². The number of carbonyl (C=O) groups excluding carboxylic acids is 1. The minimum absolute atomic E-state index is 0.0906. The third-order valence-corrected chi connectivity index (χ3v) is 2.71. The van der Waals surface area contributed by atoms with E-state index in [1.54, 1.807) is 18.2 Å². The number of rotatable bonds is 3. The predicted octanol–water partition coefficient (Wildman–Crippen LogP) is 3.86. The lowest BCUT2D eigenvalue weighted by atomic mass is 10.1. The van der Waals surface area contributed by atoms with E-state index in [-0.39, 0.29) is 5.78 Å². The molecule has 0 unspecified atom stereocenters. The van der Waals surface area contributed by atoms with Crippen molar-refractivity contribution in [3.8, 4) is 17.6 Å². The Balaban J connectivity index is 2.43. The van der Waals surface area contributed by atoms with Gasteiger partial charge in [0.2, 0.25) is 0 Å². The lowest BCUT2D eigenvalue weighted by molar-refractivity contribution is 0.101. The van der Waals surface area contributed by atoms with E-state index in [9.17, 15) is 4.79 Å². The summed E-state index contributed by atoms with van der Waals surface area (Å²) in [6.07, 6.45) is 0. The van der Waals surface area contributed by atoms with Gasteiger partial charge in [0.15, 0.2) is 5.78 Å². The molecule has 0 aliphatic rings. The highest BCUT2D eigenvalue weighted by Gasteiger charge is 2.10. The van der Waals surface area contributed by atoms with E-state index in [2.05, 4.69) is 0 Å². The Labute approximate surface area is 112 Å². The summed E-state index contributed by atoms with van der Waals surface area (Å²) in [5, 5.41) is 8.91. The van der Waals surface area contributed by atoms with E-state index in [4.69, 9.17) is 10.00 Å². The van der Waals surface area contributed by atoms with Gasteiger partial charge >= 0.3 is 0 Å². The zero-order valence-corrected chi connectivity index (χ0v) is 10.8. The molecule has 19 heavy (non-hydrogen) atoms. The molecule has 0 amide bonds. The maximum Gasteiger partial charge on any atom is 0.163 e. The Morgan fingerprint density at radius 3 is 2.63 bits per heavy atom. The molecule has 0 aliphatic carbocycles. The zero-order valence-electron chi connectivity index (χ0n) is 10.8. The van der Waals surface area contributed by atoms with Gasteiger partial charge in [-0.05, 0) is 49.7 Å². The molecule has 2 aromatic carbocycles. The summed E-state index contributed by atoms with van der Waals surface area (Å²) in [4.78, 5) is 11.6. The summed E-state index contributed by atoms with van der Waals surface area (Å²) in [7, 11) is 0. The number of Topliss-reactive ketones (excluding diaryl/α,β-unsaturated/α-hetero) is 1. The Kier molecular flexibility index (Phi) is 3.63. The Morgan fingerprint density at radius 2 is 2.00 bits per heavy atom. The van der Waals surface area contributed by atoms with Crippen LogP contribution in [0.15, 0.2) is 42.5 Å². The fourth-order valence-corrected chi connectivity index (χ4v) is 1.77. The van der Waals surface area contributed by atoms with Crippen molar-refractivity contribution in [2.24, 2.45) is 0 Å². The molecule has 0 aromatic heterocycles. The molecular weight excluding hydrogens is 238 g/mol. The van der Waals surface area contributed by atoms with Crippen LogP contribution in [0.2, 0.25) is 0 Å². The molecule has 0 N–H and O–H groups in total. The van der Waals surface area contributed by atoms with Gasteiger partial charge in [-0.15, -0.1) is 0 Å². The molecule has 0 radical (unpaired) electrons. The summed E-state index contributed by atoms with van der Waals surface area (Å²) in [5.74, 6) is 0.974. The normalized spacial score (nSPS) is 9.74. The Bertz CT molecular complexity index is 669. The summed E-state index contributed by atoms with van der Waals surface area (Å²) in [6, 6.07) is 14.4. The number of ketones is 1. The van der Waals surface area contributed by atoms with E-state index in [0.29, 0.717) is 22.6 Å². The Morgan fingerprint density at radius 1 is 1.21 bits per heavy atom. The molecule has 0 atom stereocenters. The second-order valence-electron chi connectivity index (χ2n) is 4.30. The van der Waals surface area contributed by atoms with Crippen LogP contribution in [0.25, 0.3) is 0 Å². The van der Waals surface area contributed by atoms with Gasteiger partial charge in [0, 0.05) is 0 Å². The molecule has 2 rings (SSSR count). The third-order valence-electron chi connectivity index (χ3n) is 2.71. The standard InChI is InChI=1S/C16H13NO2/c1-11-4-3-5-14(8-11)19-16-9-13(10-17)6-7-15(16)12(2)18/h3-9H,1-2H3. The van der Waals surface area contributed by atoms with Gasteiger partial charge in [-0.2, -0.15) is 5.26 Å². The number of carbonyl (C=O) groups is 1. The van der Waals surface area contributed by atoms with E-state index in [1.165, 1.54) is 6.92 Å². The van der Waals surface area contributed by atoms with E-state index < -0.39 is 0 Å². The average molecular weight is 251 g/mol. The van der Waals surface area contributed by atoms with Crippen molar-refractivity contribution in [1.82, 2.24) is 0 Å². The largest absolute Gasteiger partial charge is 0.457 e. The minimum atomic E-state index is -0.0906. The van der Waals surface area contributed by atoms with E-state index in [0.717, 1.165) is 5.56 Å². The number of nitrogens with zero attached hydrogens (tertiary/aromatic N) is 1. The molecule has 0 saturated carbocycles. The molecule has 0 spiro atoms. The second-order valence-corrected chi connectivity index (χ2v) is 4.30. The molecule has 0 heterocycles. The van der Waals surface area contributed by atoms with Crippen molar-refractivity contribution >= 4 is 5.78 Å². The van der Waals surface area contributed by atoms with Crippen molar-refractivity contribution in [3.05, 3.63) is 59.2 Å². The lowest BCUT2D eigenvalue weighted by Gasteiger charge is -2.10. The van der Waals surface area contributed by atoms with Gasteiger partial charge in [0.25, 0.3) is 0 Å². The van der Waals surface area contributed by atoms with Gasteiger partial charge in [0.1, 0.15) is 11.5 Å². The highest BCUT2D eigenvalue weighted by molar-refractivity contribution is 5.97. The zero-order chi connectivity index (χ0) is 13.8. The topological polar surface area (TPSA) is 50.1 Å². The highest BCUT2D eigenvalue weighted by atomic mass is 16.5. The molecule has 0 fully saturated rings. The second kappa shape index (κ2) is 5.36. The Hall–Kier alpha value is -2.60. The monoisotopic (exact) mass is 251 g/mol. The van der Waals surface area contributed by atoms with Gasteiger partial charge in [0.05, 0.1) is 17.2 Å². The van der Waals surface area contributed by atoms with Crippen LogP contribution in [-0.2, 0) is 0 Å².